The van der Waals surface area contributed by atoms with Crippen molar-refractivity contribution in [2.45, 2.75) is 38.8 Å². The fourth-order valence-corrected chi connectivity index (χ4v) is 2.80. The second-order valence-corrected chi connectivity index (χ2v) is 5.12. The second-order valence-electron chi connectivity index (χ2n) is 5.12. The van der Waals surface area contributed by atoms with Crippen molar-refractivity contribution in [1.82, 2.24) is 10.2 Å². The molecule has 0 aromatic heterocycles. The molecule has 3 heteroatoms. The maximum absolute atomic E-state index is 5.60. The van der Waals surface area contributed by atoms with Gasteiger partial charge in [-0.1, -0.05) is 13.8 Å². The summed E-state index contributed by atoms with van der Waals surface area (Å²) in [6, 6.07) is 1.37. The summed E-state index contributed by atoms with van der Waals surface area (Å²) in [5.74, 6) is 0.736. The van der Waals surface area contributed by atoms with Gasteiger partial charge in [-0.2, -0.15) is 0 Å². The predicted octanol–water partition coefficient (Wildman–Crippen LogP) is 1.10. The smallest absolute Gasteiger partial charge is 0.0621 e. The highest BCUT2D eigenvalue weighted by Crippen LogP contribution is 2.21. The Labute approximate surface area is 93.2 Å². The van der Waals surface area contributed by atoms with E-state index in [1.165, 1.54) is 19.4 Å². The van der Waals surface area contributed by atoms with E-state index in [2.05, 4.69) is 24.1 Å². The van der Waals surface area contributed by atoms with E-state index in [0.29, 0.717) is 12.1 Å². The fraction of sp³-hybridized carbons (Fsp3) is 1.00. The highest BCUT2D eigenvalue weighted by molar-refractivity contribution is 4.87. The molecule has 1 N–H and O–H groups in total. The van der Waals surface area contributed by atoms with Gasteiger partial charge in [-0.25, -0.2) is 0 Å². The van der Waals surface area contributed by atoms with Crippen LogP contribution in [0.2, 0.25) is 0 Å². The molecule has 0 radical (unpaired) electrons. The van der Waals surface area contributed by atoms with Gasteiger partial charge in [0.2, 0.25) is 0 Å². The summed E-state index contributed by atoms with van der Waals surface area (Å²) in [4.78, 5) is 2.68. The molecule has 2 saturated heterocycles. The Morgan fingerprint density at radius 3 is 2.93 bits per heavy atom. The van der Waals surface area contributed by atoms with Gasteiger partial charge in [0.05, 0.1) is 6.61 Å². The van der Waals surface area contributed by atoms with Crippen LogP contribution in [0.4, 0.5) is 0 Å². The van der Waals surface area contributed by atoms with E-state index in [4.69, 9.17) is 4.74 Å². The summed E-state index contributed by atoms with van der Waals surface area (Å²) < 4.78 is 5.60. The van der Waals surface area contributed by atoms with Crippen molar-refractivity contribution in [1.29, 1.82) is 0 Å². The Balaban J connectivity index is 1.96. The first-order chi connectivity index (χ1) is 7.29. The highest BCUT2D eigenvalue weighted by Gasteiger charge is 2.31. The predicted molar refractivity (Wildman–Crippen MR) is 62.0 cm³/mol. The monoisotopic (exact) mass is 212 g/mol. The molecule has 2 aliphatic heterocycles. The van der Waals surface area contributed by atoms with Gasteiger partial charge in [0.25, 0.3) is 0 Å². The lowest BCUT2D eigenvalue weighted by Gasteiger charge is -2.44. The summed E-state index contributed by atoms with van der Waals surface area (Å²) in [7, 11) is 0. The Morgan fingerprint density at radius 1 is 1.40 bits per heavy atom. The molecule has 88 valence electrons. The normalized spacial score (nSPS) is 34.6. The van der Waals surface area contributed by atoms with Gasteiger partial charge in [-0.3, -0.25) is 4.90 Å². The lowest BCUT2D eigenvalue weighted by molar-refractivity contribution is -0.0169. The average molecular weight is 212 g/mol. The van der Waals surface area contributed by atoms with E-state index >= 15 is 0 Å². The molecule has 0 aromatic rings. The fourth-order valence-electron chi connectivity index (χ4n) is 2.80. The molecular weight excluding hydrogens is 188 g/mol. The molecule has 0 aromatic carbocycles. The minimum absolute atomic E-state index is 0.674. The molecule has 2 aliphatic rings. The van der Waals surface area contributed by atoms with Gasteiger partial charge in [0, 0.05) is 38.3 Å². The highest BCUT2D eigenvalue weighted by atomic mass is 16.5. The summed E-state index contributed by atoms with van der Waals surface area (Å²) in [5.41, 5.74) is 0. The van der Waals surface area contributed by atoms with Crippen molar-refractivity contribution < 1.29 is 4.74 Å². The summed E-state index contributed by atoms with van der Waals surface area (Å²) in [6.45, 7) is 10.0. The van der Waals surface area contributed by atoms with Crippen molar-refractivity contribution in [3.63, 3.8) is 0 Å². The Hall–Kier alpha value is -0.120. The third-order valence-corrected chi connectivity index (χ3v) is 3.70. The Morgan fingerprint density at radius 2 is 2.27 bits per heavy atom. The minimum atomic E-state index is 0.674. The van der Waals surface area contributed by atoms with Crippen LogP contribution < -0.4 is 5.32 Å². The van der Waals surface area contributed by atoms with Gasteiger partial charge in [0.15, 0.2) is 0 Å². The zero-order valence-corrected chi connectivity index (χ0v) is 10.0. The third-order valence-electron chi connectivity index (χ3n) is 3.70. The maximum atomic E-state index is 5.60. The van der Waals surface area contributed by atoms with Crippen molar-refractivity contribution in [2.24, 2.45) is 5.92 Å². The van der Waals surface area contributed by atoms with Crippen molar-refractivity contribution in [3.8, 4) is 0 Å². The molecule has 0 saturated carbocycles. The first-order valence-electron chi connectivity index (χ1n) is 6.33. The van der Waals surface area contributed by atoms with E-state index in [1.54, 1.807) is 0 Å². The maximum Gasteiger partial charge on any atom is 0.0621 e. The summed E-state index contributed by atoms with van der Waals surface area (Å²) in [5, 5.41) is 3.50. The lowest BCUT2D eigenvalue weighted by Crippen LogP contribution is -2.58. The third kappa shape index (κ3) is 2.71. The zero-order valence-electron chi connectivity index (χ0n) is 10.0. The van der Waals surface area contributed by atoms with Crippen LogP contribution in [0.15, 0.2) is 0 Å². The Kier molecular flexibility index (Phi) is 4.00. The number of nitrogens with one attached hydrogen (secondary N) is 1. The van der Waals surface area contributed by atoms with Crippen LogP contribution in [0.1, 0.15) is 26.7 Å². The van der Waals surface area contributed by atoms with Crippen LogP contribution in [0, 0.1) is 5.92 Å². The van der Waals surface area contributed by atoms with E-state index in [1.807, 2.05) is 0 Å². The Bertz CT molecular complexity index is 190. The first kappa shape index (κ1) is 11.4. The first-order valence-corrected chi connectivity index (χ1v) is 6.33. The van der Waals surface area contributed by atoms with Crippen LogP contribution in [0.25, 0.3) is 0 Å². The van der Waals surface area contributed by atoms with Crippen molar-refractivity contribution in [3.05, 3.63) is 0 Å². The molecule has 2 fully saturated rings. The minimum Gasteiger partial charge on any atom is -0.380 e. The van der Waals surface area contributed by atoms with Crippen LogP contribution in [0.3, 0.4) is 0 Å². The summed E-state index contributed by atoms with van der Waals surface area (Å²) >= 11 is 0. The molecule has 2 rings (SSSR count). The van der Waals surface area contributed by atoms with Gasteiger partial charge >= 0.3 is 0 Å². The quantitative estimate of drug-likeness (QED) is 0.742. The number of ether oxygens (including phenoxy) is 1. The van der Waals surface area contributed by atoms with Crippen LogP contribution in [-0.4, -0.2) is 49.8 Å². The van der Waals surface area contributed by atoms with Crippen LogP contribution >= 0.6 is 0 Å². The van der Waals surface area contributed by atoms with Crippen LogP contribution in [-0.2, 0) is 4.74 Å². The lowest BCUT2D eigenvalue weighted by atomic mass is 9.96. The number of nitrogens with zero attached hydrogens (tertiary/aromatic N) is 1. The van der Waals surface area contributed by atoms with E-state index in [-0.39, 0.29) is 0 Å². The molecule has 2 heterocycles. The molecule has 0 bridgehead atoms. The van der Waals surface area contributed by atoms with E-state index in [0.717, 1.165) is 32.2 Å². The topological polar surface area (TPSA) is 24.5 Å². The molecular formula is C12H24N2O. The number of rotatable bonds is 2. The van der Waals surface area contributed by atoms with Crippen LogP contribution in [0.5, 0.6) is 0 Å². The van der Waals surface area contributed by atoms with Gasteiger partial charge < -0.3 is 10.1 Å². The van der Waals surface area contributed by atoms with Gasteiger partial charge in [-0.15, -0.1) is 0 Å². The molecule has 15 heavy (non-hydrogen) atoms. The molecule has 0 amide bonds. The zero-order chi connectivity index (χ0) is 10.7. The number of piperazine rings is 1. The summed E-state index contributed by atoms with van der Waals surface area (Å²) in [6.07, 6.45) is 2.56. The molecule has 0 aliphatic carbocycles. The molecule has 3 nitrogen and oxygen atoms in total. The van der Waals surface area contributed by atoms with Gasteiger partial charge in [0.1, 0.15) is 0 Å². The SMILES string of the molecule is CC(C)C1CNCCN1C1CCCOC1. The van der Waals surface area contributed by atoms with Crippen molar-refractivity contribution in [2.75, 3.05) is 32.8 Å². The van der Waals surface area contributed by atoms with Crippen molar-refractivity contribution >= 4 is 0 Å². The van der Waals surface area contributed by atoms with E-state index in [9.17, 15) is 0 Å². The average Bonchev–Trinajstić information content (AvgIpc) is 2.30. The largest absolute Gasteiger partial charge is 0.380 e. The molecule has 2 unspecified atom stereocenters. The van der Waals surface area contributed by atoms with Gasteiger partial charge in [-0.05, 0) is 18.8 Å². The standard InChI is InChI=1S/C12H24N2O/c1-10(2)12-8-13-5-6-14(12)11-4-3-7-15-9-11/h10-13H,3-9H2,1-2H3. The number of hydrogen-bond acceptors (Lipinski definition) is 3. The second kappa shape index (κ2) is 5.28. The number of hydrogen-bond donors (Lipinski definition) is 1. The van der Waals surface area contributed by atoms with E-state index < -0.39 is 0 Å². The molecule has 0 spiro atoms. The molecule has 2 atom stereocenters.